The van der Waals surface area contributed by atoms with Crippen molar-refractivity contribution in [1.29, 1.82) is 0 Å². The summed E-state index contributed by atoms with van der Waals surface area (Å²) in [6, 6.07) is 1.91. The average molecular weight is 678 g/mol. The van der Waals surface area contributed by atoms with Gasteiger partial charge in [-0.1, -0.05) is 0 Å². The number of carbonyl (C=O) groups is 1. The van der Waals surface area contributed by atoms with Gasteiger partial charge in [-0.25, -0.2) is 19.7 Å². The second kappa shape index (κ2) is 11.9. The SMILES string of the molecule is COc1ncc(-c2c(C)n[nH]c2C)cc1-c1cnc(N2CC(O)C2)nc1CN1C(=O)O[C@H](c2cc(C(F)(F)F)cc(C(F)(F)F)c2)[C@@H]1C. The first-order chi connectivity index (χ1) is 22.5. The number of alkyl halides is 6. The zero-order valence-electron chi connectivity index (χ0n) is 25.9. The highest BCUT2D eigenvalue weighted by Gasteiger charge is 2.44. The lowest BCUT2D eigenvalue weighted by atomic mass is 9.97. The van der Waals surface area contributed by atoms with Crippen LogP contribution >= 0.6 is 0 Å². The van der Waals surface area contributed by atoms with E-state index in [9.17, 15) is 36.2 Å². The number of cyclic esters (lactones) is 1. The van der Waals surface area contributed by atoms with Crippen LogP contribution in [0.4, 0.5) is 37.1 Å². The maximum absolute atomic E-state index is 13.6. The van der Waals surface area contributed by atoms with Crippen molar-refractivity contribution in [2.45, 2.75) is 57.9 Å². The maximum atomic E-state index is 13.6. The topological polar surface area (TPSA) is 130 Å². The molecule has 2 atom stereocenters. The van der Waals surface area contributed by atoms with Crippen LogP contribution in [0, 0.1) is 13.8 Å². The maximum Gasteiger partial charge on any atom is 0.416 e. The smallest absolute Gasteiger partial charge is 0.416 e. The number of halogens is 6. The number of pyridine rings is 1. The molecule has 2 aliphatic rings. The molecule has 2 aliphatic heterocycles. The van der Waals surface area contributed by atoms with Crippen molar-refractivity contribution >= 4 is 12.0 Å². The number of ether oxygens (including phenoxy) is 2. The van der Waals surface area contributed by atoms with Crippen LogP contribution in [0.5, 0.6) is 5.88 Å². The summed E-state index contributed by atoms with van der Waals surface area (Å²) < 4.78 is 92.6. The molecule has 11 nitrogen and oxygen atoms in total. The lowest BCUT2D eigenvalue weighted by Gasteiger charge is -2.36. The van der Waals surface area contributed by atoms with E-state index in [0.717, 1.165) is 17.0 Å². The number of aromatic amines is 1. The Hall–Kier alpha value is -4.93. The molecule has 17 heteroatoms. The molecule has 2 fully saturated rings. The summed E-state index contributed by atoms with van der Waals surface area (Å²) in [6.45, 7) is 5.40. The predicted octanol–water partition coefficient (Wildman–Crippen LogP) is 5.85. The normalized spacial score (nSPS) is 18.7. The zero-order valence-corrected chi connectivity index (χ0v) is 25.9. The Labute approximate surface area is 269 Å². The molecule has 0 bridgehead atoms. The van der Waals surface area contributed by atoms with E-state index in [1.807, 2.05) is 13.8 Å². The van der Waals surface area contributed by atoms with Gasteiger partial charge in [-0.3, -0.25) is 10.00 Å². The first-order valence-corrected chi connectivity index (χ1v) is 14.7. The molecule has 2 N–H and O–H groups in total. The average Bonchev–Trinajstić information content (AvgIpc) is 3.50. The number of nitrogens with zero attached hydrogens (tertiary/aromatic N) is 6. The standard InChI is InChI=1S/C31H29F6N7O4/c1-14-25(15(2)42-41-14)18-7-22(27(47-4)38-9-18)23-10-39-28(43-11-21(45)12-43)40-24(23)13-44-16(3)26(48-29(44)46)17-5-19(30(32,33)34)8-20(6-17)31(35,36)37/h5-10,16,21,26,45H,11-13H2,1-4H3,(H,41,42)/t16-,26-/m0/s1. The summed E-state index contributed by atoms with van der Waals surface area (Å²) in [6.07, 6.45) is -10.0. The number of amides is 1. The predicted molar refractivity (Wildman–Crippen MR) is 158 cm³/mol. The summed E-state index contributed by atoms with van der Waals surface area (Å²) in [5.74, 6) is 0.446. The van der Waals surface area contributed by atoms with Gasteiger partial charge in [0.05, 0.1) is 48.3 Å². The molecule has 0 aliphatic carbocycles. The van der Waals surface area contributed by atoms with Crippen molar-refractivity contribution in [3.8, 4) is 28.1 Å². The number of nitrogens with one attached hydrogen (secondary N) is 1. The second-order valence-corrected chi connectivity index (χ2v) is 11.7. The number of aliphatic hydroxyl groups is 1. The van der Waals surface area contributed by atoms with E-state index < -0.39 is 53.4 Å². The monoisotopic (exact) mass is 677 g/mol. The number of aromatic nitrogens is 5. The number of carbonyl (C=O) groups excluding carboxylic acids is 1. The van der Waals surface area contributed by atoms with E-state index in [1.54, 1.807) is 17.2 Å². The third-order valence-electron chi connectivity index (χ3n) is 8.40. The molecule has 0 radical (unpaired) electrons. The van der Waals surface area contributed by atoms with Crippen molar-refractivity contribution < 1.29 is 45.7 Å². The van der Waals surface area contributed by atoms with Gasteiger partial charge in [0.15, 0.2) is 0 Å². The van der Waals surface area contributed by atoms with Gasteiger partial charge < -0.3 is 19.5 Å². The van der Waals surface area contributed by atoms with E-state index >= 15 is 0 Å². The first kappa shape index (κ1) is 33.0. The molecular formula is C31H29F6N7O4. The summed E-state index contributed by atoms with van der Waals surface area (Å²) >= 11 is 0. The lowest BCUT2D eigenvalue weighted by molar-refractivity contribution is -0.143. The number of methoxy groups -OCH3 is 1. The minimum atomic E-state index is -5.08. The highest BCUT2D eigenvalue weighted by molar-refractivity contribution is 5.79. The Bertz CT molecular complexity index is 1820. The Morgan fingerprint density at radius 1 is 1.00 bits per heavy atom. The summed E-state index contributed by atoms with van der Waals surface area (Å²) in [7, 11) is 1.42. The van der Waals surface area contributed by atoms with Crippen LogP contribution in [0.2, 0.25) is 0 Å². The summed E-state index contributed by atoms with van der Waals surface area (Å²) in [5, 5.41) is 17.0. The number of anilines is 1. The van der Waals surface area contributed by atoms with Crippen LogP contribution < -0.4 is 9.64 Å². The van der Waals surface area contributed by atoms with Crippen LogP contribution in [-0.4, -0.2) is 73.6 Å². The number of β-amino-alcohol motifs (C(OH)–C–C–N with tert-alkyl or cyclic N) is 1. The van der Waals surface area contributed by atoms with Gasteiger partial charge in [0, 0.05) is 53.4 Å². The Kier molecular flexibility index (Phi) is 8.21. The van der Waals surface area contributed by atoms with Crippen molar-refractivity contribution in [2.24, 2.45) is 0 Å². The number of rotatable bonds is 7. The van der Waals surface area contributed by atoms with Gasteiger partial charge in [0.2, 0.25) is 11.8 Å². The summed E-state index contributed by atoms with van der Waals surface area (Å²) in [5.41, 5.74) is 0.622. The van der Waals surface area contributed by atoms with Crippen LogP contribution in [0.25, 0.3) is 22.3 Å². The number of hydrogen-bond acceptors (Lipinski definition) is 9. The minimum absolute atomic E-state index is 0.0200. The molecule has 0 spiro atoms. The van der Waals surface area contributed by atoms with Gasteiger partial charge in [-0.2, -0.15) is 31.4 Å². The van der Waals surface area contributed by atoms with Crippen molar-refractivity contribution in [3.05, 3.63) is 70.4 Å². The van der Waals surface area contributed by atoms with Crippen LogP contribution in [0.1, 0.15) is 46.8 Å². The van der Waals surface area contributed by atoms with E-state index in [0.29, 0.717) is 28.8 Å². The summed E-state index contributed by atoms with van der Waals surface area (Å²) in [4.78, 5) is 29.7. The van der Waals surface area contributed by atoms with E-state index in [1.165, 1.54) is 25.1 Å². The van der Waals surface area contributed by atoms with Gasteiger partial charge in [-0.05, 0) is 50.6 Å². The fraction of sp³-hybridized carbons (Fsp3) is 0.387. The Morgan fingerprint density at radius 2 is 1.67 bits per heavy atom. The number of hydrogen-bond donors (Lipinski definition) is 2. The number of benzene rings is 1. The Balaban J connectivity index is 1.41. The third-order valence-corrected chi connectivity index (χ3v) is 8.40. The van der Waals surface area contributed by atoms with Gasteiger partial charge in [0.1, 0.15) is 6.10 Å². The first-order valence-electron chi connectivity index (χ1n) is 14.7. The molecule has 4 aromatic rings. The molecule has 6 rings (SSSR count). The molecule has 48 heavy (non-hydrogen) atoms. The molecule has 254 valence electrons. The van der Waals surface area contributed by atoms with Crippen molar-refractivity contribution in [2.75, 3.05) is 25.1 Å². The molecule has 0 saturated carbocycles. The highest BCUT2D eigenvalue weighted by Crippen LogP contribution is 2.42. The van der Waals surface area contributed by atoms with Crippen molar-refractivity contribution in [3.63, 3.8) is 0 Å². The molecule has 1 amide bonds. The Morgan fingerprint density at radius 3 is 2.23 bits per heavy atom. The molecule has 2 saturated heterocycles. The molecule has 5 heterocycles. The third kappa shape index (κ3) is 6.09. The highest BCUT2D eigenvalue weighted by atomic mass is 19.4. The van der Waals surface area contributed by atoms with E-state index in [-0.39, 0.29) is 43.2 Å². The number of H-pyrrole nitrogens is 1. The quantitative estimate of drug-likeness (QED) is 0.231. The van der Waals surface area contributed by atoms with E-state index in [2.05, 4.69) is 25.1 Å². The van der Waals surface area contributed by atoms with E-state index in [4.69, 9.17) is 9.47 Å². The van der Waals surface area contributed by atoms with Gasteiger partial charge in [-0.15, -0.1) is 0 Å². The fourth-order valence-corrected chi connectivity index (χ4v) is 5.91. The largest absolute Gasteiger partial charge is 0.481 e. The molecule has 0 unspecified atom stereocenters. The fourth-order valence-electron chi connectivity index (χ4n) is 5.91. The van der Waals surface area contributed by atoms with Crippen LogP contribution in [0.15, 0.2) is 36.7 Å². The zero-order chi connectivity index (χ0) is 34.7. The van der Waals surface area contributed by atoms with Crippen LogP contribution in [-0.2, 0) is 23.6 Å². The molecule has 1 aromatic carbocycles. The van der Waals surface area contributed by atoms with Gasteiger partial charge in [0.25, 0.3) is 0 Å². The van der Waals surface area contributed by atoms with Crippen LogP contribution in [0.3, 0.4) is 0 Å². The second-order valence-electron chi connectivity index (χ2n) is 11.7. The molecule has 3 aromatic heterocycles. The molecular weight excluding hydrogens is 648 g/mol. The van der Waals surface area contributed by atoms with Crippen molar-refractivity contribution in [1.82, 2.24) is 30.0 Å². The minimum Gasteiger partial charge on any atom is -0.481 e. The number of aliphatic hydroxyl groups excluding tert-OH is 1. The van der Waals surface area contributed by atoms with Gasteiger partial charge >= 0.3 is 18.4 Å². The lowest BCUT2D eigenvalue weighted by Crippen LogP contribution is -2.51. The number of aryl methyl sites for hydroxylation is 2.